The van der Waals surface area contributed by atoms with Crippen molar-refractivity contribution in [3.8, 4) is 11.3 Å². The summed E-state index contributed by atoms with van der Waals surface area (Å²) in [5.74, 6) is -0.197. The van der Waals surface area contributed by atoms with Crippen molar-refractivity contribution in [1.82, 2.24) is 25.5 Å². The number of rotatable bonds is 10. The van der Waals surface area contributed by atoms with Crippen LogP contribution in [0.5, 0.6) is 0 Å². The molecule has 286 valence electrons. The first kappa shape index (κ1) is 36.3. The lowest BCUT2D eigenvalue weighted by atomic mass is 9.83. The minimum absolute atomic E-state index is 0.0317. The quantitative estimate of drug-likeness (QED) is 0.193. The Hall–Kier alpha value is -4.65. The number of piperidine rings is 1. The third-order valence-electron chi connectivity index (χ3n) is 12.1. The predicted octanol–water partition coefficient (Wildman–Crippen LogP) is 5.74. The van der Waals surface area contributed by atoms with E-state index in [1.54, 1.807) is 12.1 Å². The van der Waals surface area contributed by atoms with E-state index in [0.29, 0.717) is 41.4 Å². The molecule has 3 amide bonds. The second kappa shape index (κ2) is 16.0. The third-order valence-corrected chi connectivity index (χ3v) is 12.1. The van der Waals surface area contributed by atoms with E-state index in [1.807, 2.05) is 18.2 Å². The maximum absolute atomic E-state index is 15.2. The van der Waals surface area contributed by atoms with Gasteiger partial charge in [-0.05, 0) is 106 Å². The maximum Gasteiger partial charge on any atom is 0.249 e. The van der Waals surface area contributed by atoms with Gasteiger partial charge in [0.2, 0.25) is 23.7 Å². The number of nitrogens with zero attached hydrogens (tertiary/aromatic N) is 4. The molecule has 13 heteroatoms. The van der Waals surface area contributed by atoms with Gasteiger partial charge in [-0.2, -0.15) is 0 Å². The molecule has 0 radical (unpaired) electrons. The predicted molar refractivity (Wildman–Crippen MR) is 203 cm³/mol. The summed E-state index contributed by atoms with van der Waals surface area (Å²) in [6, 6.07) is 13.2. The molecule has 1 aromatic heterocycles. The van der Waals surface area contributed by atoms with E-state index in [9.17, 15) is 18.8 Å². The largest absolute Gasteiger partial charge is 0.374 e. The molecule has 3 saturated carbocycles. The highest BCUT2D eigenvalue weighted by molar-refractivity contribution is 6.01. The number of amides is 3. The molecule has 3 aliphatic carbocycles. The summed E-state index contributed by atoms with van der Waals surface area (Å²) in [7, 11) is 0. The summed E-state index contributed by atoms with van der Waals surface area (Å²) in [4.78, 5) is 50.2. The molecular formula is C41H50F2N8O3. The van der Waals surface area contributed by atoms with Crippen molar-refractivity contribution in [3.05, 3.63) is 65.9 Å². The van der Waals surface area contributed by atoms with Crippen molar-refractivity contribution in [1.29, 1.82) is 0 Å². The van der Waals surface area contributed by atoms with Gasteiger partial charge in [-0.25, -0.2) is 18.7 Å². The van der Waals surface area contributed by atoms with E-state index in [1.165, 1.54) is 30.7 Å². The van der Waals surface area contributed by atoms with Gasteiger partial charge in [0.15, 0.2) is 5.82 Å². The summed E-state index contributed by atoms with van der Waals surface area (Å²) in [6.45, 7) is 3.12. The van der Waals surface area contributed by atoms with E-state index in [4.69, 9.17) is 0 Å². The number of carbonyl (C=O) groups excluding carboxylic acids is 3. The van der Waals surface area contributed by atoms with Gasteiger partial charge in [0.1, 0.15) is 17.6 Å². The fourth-order valence-corrected chi connectivity index (χ4v) is 8.80. The number of hydrogen-bond acceptors (Lipinski definition) is 9. The number of carbonyl (C=O) groups is 3. The van der Waals surface area contributed by atoms with Gasteiger partial charge in [0.25, 0.3) is 0 Å². The molecule has 3 aromatic rings. The fourth-order valence-electron chi connectivity index (χ4n) is 8.80. The Morgan fingerprint density at radius 3 is 2.28 bits per heavy atom. The minimum Gasteiger partial charge on any atom is -0.374 e. The molecule has 2 aromatic carbocycles. The van der Waals surface area contributed by atoms with Crippen LogP contribution in [0, 0.1) is 17.6 Å². The number of anilines is 3. The Morgan fingerprint density at radius 1 is 0.796 bits per heavy atom. The van der Waals surface area contributed by atoms with Crippen molar-refractivity contribution in [2.75, 3.05) is 41.7 Å². The SMILES string of the molecule is O=C1CCC(Nc2ccc(N3CCN([C@H]4CC[C@H](C(=O)N[C@H]5CC[C@H](Nc6ncc(F)c(-c7cccc(C8CC8)c7)n6)CC5)CC4)CC3)c(F)c2)C(=O)N1. The Kier molecular flexibility index (Phi) is 10.8. The lowest BCUT2D eigenvalue weighted by Crippen LogP contribution is -2.52. The van der Waals surface area contributed by atoms with Crippen LogP contribution in [-0.4, -0.2) is 82.9 Å². The number of hydrogen-bond donors (Lipinski definition) is 4. The molecule has 3 heterocycles. The molecule has 5 aliphatic rings. The first-order valence-electron chi connectivity index (χ1n) is 19.8. The Balaban J connectivity index is 0.748. The lowest BCUT2D eigenvalue weighted by molar-refractivity contribution is -0.133. The Morgan fingerprint density at radius 2 is 1.56 bits per heavy atom. The van der Waals surface area contributed by atoms with Crippen LogP contribution in [0.3, 0.4) is 0 Å². The van der Waals surface area contributed by atoms with E-state index in [0.717, 1.165) is 83.1 Å². The van der Waals surface area contributed by atoms with Crippen molar-refractivity contribution in [2.24, 2.45) is 5.92 Å². The van der Waals surface area contributed by atoms with Crippen molar-refractivity contribution < 1.29 is 23.2 Å². The molecular weight excluding hydrogens is 690 g/mol. The number of benzene rings is 2. The van der Waals surface area contributed by atoms with Gasteiger partial charge in [0, 0.05) is 67.9 Å². The lowest BCUT2D eigenvalue weighted by Gasteiger charge is -2.42. The second-order valence-corrected chi connectivity index (χ2v) is 15.8. The van der Waals surface area contributed by atoms with Crippen molar-refractivity contribution >= 4 is 35.0 Å². The van der Waals surface area contributed by atoms with Crippen LogP contribution in [0.25, 0.3) is 11.3 Å². The first-order chi connectivity index (χ1) is 26.3. The van der Waals surface area contributed by atoms with Crippen LogP contribution in [0.15, 0.2) is 48.7 Å². The molecule has 54 heavy (non-hydrogen) atoms. The summed E-state index contributed by atoms with van der Waals surface area (Å²) in [5, 5.41) is 12.1. The topological polar surface area (TPSA) is 132 Å². The van der Waals surface area contributed by atoms with Gasteiger partial charge >= 0.3 is 0 Å². The van der Waals surface area contributed by atoms with Crippen molar-refractivity contribution in [2.45, 2.75) is 107 Å². The number of nitrogens with one attached hydrogen (secondary N) is 4. The van der Waals surface area contributed by atoms with Gasteiger partial charge in [-0.1, -0.05) is 18.2 Å². The summed E-state index contributed by atoms with van der Waals surface area (Å²) in [6.07, 6.45) is 11.5. The summed E-state index contributed by atoms with van der Waals surface area (Å²) in [5.41, 5.74) is 3.42. The highest BCUT2D eigenvalue weighted by atomic mass is 19.1. The Labute approximate surface area is 315 Å². The number of piperazine rings is 1. The van der Waals surface area contributed by atoms with Crippen LogP contribution in [0.4, 0.5) is 26.1 Å². The standard InChI is InChI=1S/C41H50F2N8O3/c42-33-23-31(45-35-15-17-37(52)48-40(35)54)12-16-36(33)51-20-18-50(19-21-51)32-13-6-26(7-14-32)39(53)46-29-8-10-30(11-9-29)47-41-44-24-34(43)38(49-41)28-3-1-2-27(22-28)25-4-5-25/h1-3,12,16,22-26,29-30,32,35,45H,4-11,13-15,17-21H2,(H,46,53)(H,44,47,49)(H,48,52,54)/t26-,29-,30-,32-,35?. The van der Waals surface area contributed by atoms with Gasteiger partial charge in [-0.15, -0.1) is 0 Å². The number of imide groups is 1. The van der Waals surface area contributed by atoms with Gasteiger partial charge < -0.3 is 20.9 Å². The normalized spacial score (nSPS) is 26.6. The number of halogens is 2. The van der Waals surface area contributed by atoms with Crippen molar-refractivity contribution in [3.63, 3.8) is 0 Å². The van der Waals surface area contributed by atoms with E-state index < -0.39 is 11.9 Å². The molecule has 2 aliphatic heterocycles. The Bertz CT molecular complexity index is 1850. The zero-order valence-corrected chi connectivity index (χ0v) is 30.7. The third kappa shape index (κ3) is 8.51. The molecule has 0 spiro atoms. The fraction of sp³-hybridized carbons (Fsp3) is 0.537. The average Bonchev–Trinajstić information content (AvgIpc) is 4.04. The minimum atomic E-state index is -0.554. The highest BCUT2D eigenvalue weighted by Crippen LogP contribution is 2.41. The summed E-state index contributed by atoms with van der Waals surface area (Å²) < 4.78 is 30.0. The van der Waals surface area contributed by atoms with E-state index in [-0.39, 0.29) is 48.0 Å². The molecule has 1 unspecified atom stereocenters. The van der Waals surface area contributed by atoms with Crippen LogP contribution < -0.4 is 26.2 Å². The van der Waals surface area contributed by atoms with Crippen LogP contribution >= 0.6 is 0 Å². The molecule has 11 nitrogen and oxygen atoms in total. The maximum atomic E-state index is 15.2. The zero-order valence-electron chi connectivity index (χ0n) is 30.7. The zero-order chi connectivity index (χ0) is 37.2. The van der Waals surface area contributed by atoms with E-state index in [2.05, 4.69) is 47.1 Å². The molecule has 8 rings (SSSR count). The monoisotopic (exact) mass is 740 g/mol. The molecule has 4 N–H and O–H groups in total. The van der Waals surface area contributed by atoms with Crippen LogP contribution in [0.2, 0.25) is 0 Å². The van der Waals surface area contributed by atoms with E-state index >= 15 is 4.39 Å². The van der Waals surface area contributed by atoms with Crippen LogP contribution in [0.1, 0.15) is 88.5 Å². The molecule has 2 saturated heterocycles. The smallest absolute Gasteiger partial charge is 0.249 e. The van der Waals surface area contributed by atoms with Gasteiger partial charge in [0.05, 0.1) is 11.9 Å². The van der Waals surface area contributed by atoms with Crippen LogP contribution in [-0.2, 0) is 14.4 Å². The molecule has 0 bridgehead atoms. The molecule has 1 atom stereocenters. The second-order valence-electron chi connectivity index (χ2n) is 15.8. The van der Waals surface area contributed by atoms with Gasteiger partial charge in [-0.3, -0.25) is 24.6 Å². The number of aromatic nitrogens is 2. The first-order valence-corrected chi connectivity index (χ1v) is 19.8. The highest BCUT2D eigenvalue weighted by Gasteiger charge is 2.33. The molecule has 5 fully saturated rings. The summed E-state index contributed by atoms with van der Waals surface area (Å²) >= 11 is 0. The average molecular weight is 741 g/mol.